The lowest BCUT2D eigenvalue weighted by Gasteiger charge is -2.31. The summed E-state index contributed by atoms with van der Waals surface area (Å²) in [6, 6.07) is 7.47. The molecule has 1 unspecified atom stereocenters. The molecule has 0 aromatic heterocycles. The highest BCUT2D eigenvalue weighted by Gasteiger charge is 2.19. The molecule has 0 radical (unpaired) electrons. The normalized spacial score (nSPS) is 15.8. The van der Waals surface area contributed by atoms with Gasteiger partial charge in [-0.3, -0.25) is 4.79 Å². The third kappa shape index (κ3) is 4.61. The van der Waals surface area contributed by atoms with Gasteiger partial charge in [-0.15, -0.1) is 0 Å². The molecule has 2 amide bonds. The van der Waals surface area contributed by atoms with Crippen LogP contribution in [0.4, 0.5) is 16.2 Å². The fourth-order valence-corrected chi connectivity index (χ4v) is 2.77. The number of hydrogen-bond acceptors (Lipinski definition) is 3. The van der Waals surface area contributed by atoms with Crippen LogP contribution in [0.15, 0.2) is 24.3 Å². The molecule has 2 rings (SSSR count). The van der Waals surface area contributed by atoms with E-state index >= 15 is 0 Å². The zero-order chi connectivity index (χ0) is 16.8. The Morgan fingerprint density at radius 1 is 1.26 bits per heavy atom. The molecular weight excluding hydrogens is 294 g/mol. The first-order chi connectivity index (χ1) is 11.0. The van der Waals surface area contributed by atoms with E-state index in [1.807, 2.05) is 24.3 Å². The Labute approximate surface area is 137 Å². The zero-order valence-electron chi connectivity index (χ0n) is 13.8. The number of urea groups is 1. The SMILES string of the molecule is CC(CN(C)C(=O)Nc1ccccc1N1CCCCC1)C(=O)O. The minimum absolute atomic E-state index is 0.174. The standard InChI is InChI=1S/C17H25N3O3/c1-13(16(21)22)12-19(2)17(23)18-14-8-4-5-9-15(14)20-10-6-3-7-11-20/h4-5,8-9,13H,3,6-7,10-12H2,1-2H3,(H,18,23)(H,21,22). The number of benzene rings is 1. The van der Waals surface area contributed by atoms with E-state index in [9.17, 15) is 9.59 Å². The lowest BCUT2D eigenvalue weighted by atomic mass is 10.1. The molecule has 0 aliphatic carbocycles. The van der Waals surface area contributed by atoms with E-state index < -0.39 is 11.9 Å². The van der Waals surface area contributed by atoms with E-state index in [0.717, 1.165) is 37.3 Å². The third-order valence-electron chi connectivity index (χ3n) is 4.16. The minimum atomic E-state index is -0.904. The molecule has 6 heteroatoms. The Morgan fingerprint density at radius 2 is 1.91 bits per heavy atom. The van der Waals surface area contributed by atoms with Gasteiger partial charge in [-0.2, -0.15) is 0 Å². The summed E-state index contributed by atoms with van der Waals surface area (Å²) < 4.78 is 0. The molecule has 6 nitrogen and oxygen atoms in total. The lowest BCUT2D eigenvalue weighted by molar-refractivity contribution is -0.141. The van der Waals surface area contributed by atoms with Crippen molar-refractivity contribution in [2.75, 3.05) is 36.9 Å². The van der Waals surface area contributed by atoms with Crippen molar-refractivity contribution < 1.29 is 14.7 Å². The Balaban J connectivity index is 2.04. The highest BCUT2D eigenvalue weighted by Crippen LogP contribution is 2.28. The summed E-state index contributed by atoms with van der Waals surface area (Å²) in [6.07, 6.45) is 3.58. The molecule has 1 aromatic rings. The van der Waals surface area contributed by atoms with E-state index in [2.05, 4.69) is 10.2 Å². The van der Waals surface area contributed by atoms with Gasteiger partial charge < -0.3 is 20.2 Å². The van der Waals surface area contributed by atoms with Gasteiger partial charge in [0.05, 0.1) is 17.3 Å². The van der Waals surface area contributed by atoms with Gasteiger partial charge in [-0.1, -0.05) is 19.1 Å². The zero-order valence-corrected chi connectivity index (χ0v) is 13.8. The van der Waals surface area contributed by atoms with Gasteiger partial charge in [0, 0.05) is 26.7 Å². The smallest absolute Gasteiger partial charge is 0.321 e. The second-order valence-corrected chi connectivity index (χ2v) is 6.11. The van der Waals surface area contributed by atoms with Crippen LogP contribution in [0, 0.1) is 5.92 Å². The lowest BCUT2D eigenvalue weighted by Crippen LogP contribution is -2.37. The predicted octanol–water partition coefficient (Wildman–Crippen LogP) is 2.86. The number of anilines is 2. The summed E-state index contributed by atoms with van der Waals surface area (Å²) >= 11 is 0. The summed E-state index contributed by atoms with van der Waals surface area (Å²) in [5.74, 6) is -1.50. The molecular formula is C17H25N3O3. The second kappa shape index (κ2) is 7.85. The van der Waals surface area contributed by atoms with Crippen LogP contribution in [0.1, 0.15) is 26.2 Å². The third-order valence-corrected chi connectivity index (χ3v) is 4.16. The van der Waals surface area contributed by atoms with Crippen LogP contribution in [-0.2, 0) is 4.79 Å². The van der Waals surface area contributed by atoms with Crippen molar-refractivity contribution >= 4 is 23.4 Å². The van der Waals surface area contributed by atoms with Crippen LogP contribution >= 0.6 is 0 Å². The first-order valence-corrected chi connectivity index (χ1v) is 8.08. The molecule has 1 saturated heterocycles. The number of carboxylic acid groups (broad SMARTS) is 1. The Morgan fingerprint density at radius 3 is 2.57 bits per heavy atom. The molecule has 1 fully saturated rings. The number of nitrogens with zero attached hydrogens (tertiary/aromatic N) is 2. The molecule has 126 valence electrons. The summed E-state index contributed by atoms with van der Waals surface area (Å²) in [4.78, 5) is 26.9. The Kier molecular flexibility index (Phi) is 5.84. The number of aliphatic carboxylic acids is 1. The van der Waals surface area contributed by atoms with Crippen LogP contribution in [0.5, 0.6) is 0 Å². The van der Waals surface area contributed by atoms with Gasteiger partial charge in [0.2, 0.25) is 0 Å². The van der Waals surface area contributed by atoms with Gasteiger partial charge in [0.25, 0.3) is 0 Å². The number of amides is 2. The molecule has 0 spiro atoms. The molecule has 23 heavy (non-hydrogen) atoms. The maximum absolute atomic E-state index is 12.3. The molecule has 1 aliphatic heterocycles. The van der Waals surface area contributed by atoms with Crippen LogP contribution < -0.4 is 10.2 Å². The molecule has 0 saturated carbocycles. The van der Waals surface area contributed by atoms with E-state index in [0.29, 0.717) is 0 Å². The van der Waals surface area contributed by atoms with Gasteiger partial charge in [0.15, 0.2) is 0 Å². The summed E-state index contributed by atoms with van der Waals surface area (Å²) in [5.41, 5.74) is 1.80. The molecule has 1 aliphatic rings. The monoisotopic (exact) mass is 319 g/mol. The van der Waals surface area contributed by atoms with Crippen molar-refractivity contribution in [3.05, 3.63) is 24.3 Å². The summed E-state index contributed by atoms with van der Waals surface area (Å²) in [5, 5.41) is 11.9. The van der Waals surface area contributed by atoms with Crippen molar-refractivity contribution in [3.63, 3.8) is 0 Å². The minimum Gasteiger partial charge on any atom is -0.481 e. The molecule has 1 heterocycles. The summed E-state index contributed by atoms with van der Waals surface area (Å²) in [6.45, 7) is 3.76. The van der Waals surface area contributed by atoms with Crippen molar-refractivity contribution in [2.45, 2.75) is 26.2 Å². The number of nitrogens with one attached hydrogen (secondary N) is 1. The van der Waals surface area contributed by atoms with E-state index in [-0.39, 0.29) is 12.6 Å². The number of para-hydroxylation sites is 2. The largest absolute Gasteiger partial charge is 0.481 e. The van der Waals surface area contributed by atoms with Crippen LogP contribution in [0.25, 0.3) is 0 Å². The van der Waals surface area contributed by atoms with E-state index in [1.165, 1.54) is 11.3 Å². The molecule has 0 bridgehead atoms. The Bertz CT molecular complexity index is 556. The van der Waals surface area contributed by atoms with Crippen LogP contribution in [-0.4, -0.2) is 48.7 Å². The summed E-state index contributed by atoms with van der Waals surface area (Å²) in [7, 11) is 1.61. The number of carbonyl (C=O) groups is 2. The topological polar surface area (TPSA) is 72.9 Å². The van der Waals surface area contributed by atoms with Crippen molar-refractivity contribution in [3.8, 4) is 0 Å². The van der Waals surface area contributed by atoms with E-state index in [1.54, 1.807) is 14.0 Å². The maximum atomic E-state index is 12.3. The Hall–Kier alpha value is -2.24. The van der Waals surface area contributed by atoms with Crippen LogP contribution in [0.3, 0.4) is 0 Å². The van der Waals surface area contributed by atoms with Crippen molar-refractivity contribution in [1.82, 2.24) is 4.90 Å². The number of piperidine rings is 1. The fraction of sp³-hybridized carbons (Fsp3) is 0.529. The fourth-order valence-electron chi connectivity index (χ4n) is 2.77. The van der Waals surface area contributed by atoms with Gasteiger partial charge in [0.1, 0.15) is 0 Å². The first kappa shape index (κ1) is 17.1. The molecule has 2 N–H and O–H groups in total. The van der Waals surface area contributed by atoms with Gasteiger partial charge in [-0.05, 0) is 31.4 Å². The second-order valence-electron chi connectivity index (χ2n) is 6.11. The highest BCUT2D eigenvalue weighted by molar-refractivity contribution is 5.93. The highest BCUT2D eigenvalue weighted by atomic mass is 16.4. The van der Waals surface area contributed by atoms with Gasteiger partial charge in [-0.25, -0.2) is 4.79 Å². The van der Waals surface area contributed by atoms with Gasteiger partial charge >= 0.3 is 12.0 Å². The van der Waals surface area contributed by atoms with Crippen LogP contribution in [0.2, 0.25) is 0 Å². The first-order valence-electron chi connectivity index (χ1n) is 8.08. The molecule has 1 atom stereocenters. The number of carboxylic acids is 1. The number of rotatable bonds is 5. The average molecular weight is 319 g/mol. The maximum Gasteiger partial charge on any atom is 0.321 e. The predicted molar refractivity (Wildman–Crippen MR) is 91.0 cm³/mol. The molecule has 1 aromatic carbocycles. The van der Waals surface area contributed by atoms with Crippen molar-refractivity contribution in [1.29, 1.82) is 0 Å². The number of hydrogen-bond donors (Lipinski definition) is 2. The average Bonchev–Trinajstić information content (AvgIpc) is 2.56. The quantitative estimate of drug-likeness (QED) is 0.875. The van der Waals surface area contributed by atoms with Crippen molar-refractivity contribution in [2.24, 2.45) is 5.92 Å². The van der Waals surface area contributed by atoms with E-state index in [4.69, 9.17) is 5.11 Å². The number of carbonyl (C=O) groups excluding carboxylic acids is 1.